The molecule has 0 radical (unpaired) electrons. The van der Waals surface area contributed by atoms with Gasteiger partial charge in [-0.1, -0.05) is 25.9 Å². The van der Waals surface area contributed by atoms with E-state index >= 15 is 0 Å². The van der Waals surface area contributed by atoms with Gasteiger partial charge in [0.2, 0.25) is 0 Å². The summed E-state index contributed by atoms with van der Waals surface area (Å²) in [5.74, 6) is 0.504. The first-order valence-corrected chi connectivity index (χ1v) is 7.17. The average Bonchev–Trinajstić information content (AvgIpc) is 2.97. The fourth-order valence-corrected chi connectivity index (χ4v) is 2.18. The molecule has 0 unspecified atom stereocenters. The van der Waals surface area contributed by atoms with Gasteiger partial charge >= 0.3 is 6.01 Å². The first kappa shape index (κ1) is 14.0. The number of hydrogen-bond acceptors (Lipinski definition) is 6. The van der Waals surface area contributed by atoms with Crippen LogP contribution in [-0.4, -0.2) is 41.5 Å². The first-order valence-electron chi connectivity index (χ1n) is 7.17. The van der Waals surface area contributed by atoms with Crippen LogP contribution in [0.2, 0.25) is 0 Å². The molecule has 0 spiro atoms. The van der Waals surface area contributed by atoms with Crippen molar-refractivity contribution in [2.75, 3.05) is 31.2 Å². The highest BCUT2D eigenvalue weighted by atomic mass is 16.5. The molecule has 0 aliphatic carbocycles. The minimum absolute atomic E-state index is 0.0341. The Labute approximate surface area is 124 Å². The second-order valence-electron chi connectivity index (χ2n) is 6.17. The minimum Gasteiger partial charge on any atom is -0.403 e. The highest BCUT2D eigenvalue weighted by molar-refractivity contribution is 5.52. The van der Waals surface area contributed by atoms with E-state index in [2.05, 4.69) is 36.0 Å². The zero-order chi connectivity index (χ0) is 14.9. The molecule has 112 valence electrons. The van der Waals surface area contributed by atoms with Crippen LogP contribution in [0.5, 0.6) is 0 Å². The smallest absolute Gasteiger partial charge is 0.318 e. The molecule has 1 aliphatic heterocycles. The third-order valence-corrected chi connectivity index (χ3v) is 3.47. The Morgan fingerprint density at radius 2 is 1.86 bits per heavy atom. The van der Waals surface area contributed by atoms with Crippen molar-refractivity contribution in [3.63, 3.8) is 0 Å². The van der Waals surface area contributed by atoms with E-state index in [-0.39, 0.29) is 5.41 Å². The van der Waals surface area contributed by atoms with Gasteiger partial charge in [0.15, 0.2) is 0 Å². The molecule has 2 aromatic heterocycles. The molecule has 21 heavy (non-hydrogen) atoms. The van der Waals surface area contributed by atoms with Crippen molar-refractivity contribution in [3.05, 3.63) is 24.0 Å². The fraction of sp³-hybridized carbons (Fsp3) is 0.533. The molecule has 6 nitrogen and oxygen atoms in total. The van der Waals surface area contributed by atoms with Crippen molar-refractivity contribution >= 4 is 6.01 Å². The van der Waals surface area contributed by atoms with Crippen molar-refractivity contribution in [1.29, 1.82) is 0 Å². The van der Waals surface area contributed by atoms with Crippen molar-refractivity contribution in [2.45, 2.75) is 26.2 Å². The molecule has 1 saturated heterocycles. The summed E-state index contributed by atoms with van der Waals surface area (Å²) in [7, 11) is 0. The number of morpholine rings is 1. The van der Waals surface area contributed by atoms with Crippen LogP contribution in [0, 0.1) is 0 Å². The maximum Gasteiger partial charge on any atom is 0.318 e. The molecule has 1 aliphatic rings. The molecular formula is C15H20N4O2. The number of hydrogen-bond donors (Lipinski definition) is 0. The highest BCUT2D eigenvalue weighted by Crippen LogP contribution is 2.25. The highest BCUT2D eigenvalue weighted by Gasteiger charge is 2.19. The minimum atomic E-state index is 0.0341. The van der Waals surface area contributed by atoms with E-state index in [1.165, 1.54) is 0 Å². The Bertz CT molecular complexity index is 595. The van der Waals surface area contributed by atoms with Gasteiger partial charge in [-0.15, -0.1) is 5.10 Å². The lowest BCUT2D eigenvalue weighted by molar-refractivity contribution is 0.120. The fourth-order valence-electron chi connectivity index (χ4n) is 2.18. The van der Waals surface area contributed by atoms with E-state index in [0.29, 0.717) is 25.1 Å². The van der Waals surface area contributed by atoms with E-state index in [1.54, 1.807) is 6.20 Å². The Balaban J connectivity index is 1.79. The van der Waals surface area contributed by atoms with Crippen molar-refractivity contribution < 1.29 is 9.15 Å². The summed E-state index contributed by atoms with van der Waals surface area (Å²) in [6.07, 6.45) is 1.79. The van der Waals surface area contributed by atoms with Crippen LogP contribution in [0.15, 0.2) is 22.7 Å². The Hall–Kier alpha value is -1.95. The Morgan fingerprint density at radius 1 is 1.10 bits per heavy atom. The van der Waals surface area contributed by atoms with Gasteiger partial charge in [-0.25, -0.2) is 0 Å². The van der Waals surface area contributed by atoms with Gasteiger partial charge in [0.1, 0.15) is 0 Å². The maximum absolute atomic E-state index is 5.74. The molecule has 0 bridgehead atoms. The quantitative estimate of drug-likeness (QED) is 0.844. The van der Waals surface area contributed by atoms with Crippen LogP contribution < -0.4 is 4.90 Å². The zero-order valence-electron chi connectivity index (χ0n) is 12.7. The van der Waals surface area contributed by atoms with Crippen LogP contribution in [0.25, 0.3) is 11.5 Å². The van der Waals surface area contributed by atoms with E-state index < -0.39 is 0 Å². The topological polar surface area (TPSA) is 64.3 Å². The summed E-state index contributed by atoms with van der Waals surface area (Å²) in [5.41, 5.74) is 1.92. The molecule has 1 fully saturated rings. The second-order valence-corrected chi connectivity index (χ2v) is 6.17. The van der Waals surface area contributed by atoms with Gasteiger partial charge < -0.3 is 14.1 Å². The molecule has 2 aromatic rings. The molecule has 0 saturated carbocycles. The normalized spacial score (nSPS) is 16.2. The Morgan fingerprint density at radius 3 is 2.48 bits per heavy atom. The van der Waals surface area contributed by atoms with Crippen molar-refractivity contribution in [1.82, 2.24) is 15.2 Å². The van der Waals surface area contributed by atoms with Gasteiger partial charge in [0.25, 0.3) is 5.89 Å². The maximum atomic E-state index is 5.74. The lowest BCUT2D eigenvalue weighted by atomic mass is 9.91. The van der Waals surface area contributed by atoms with Crippen LogP contribution in [0.3, 0.4) is 0 Å². The van der Waals surface area contributed by atoms with Gasteiger partial charge in [-0.05, 0) is 12.1 Å². The van der Waals surface area contributed by atoms with E-state index in [1.807, 2.05) is 17.0 Å². The SMILES string of the molecule is CC(C)(C)c1ccc(-c2nnc(N3CCOCC3)o2)cn1. The molecule has 3 rings (SSSR count). The average molecular weight is 288 g/mol. The van der Waals surface area contributed by atoms with E-state index in [0.717, 1.165) is 24.3 Å². The molecule has 0 N–H and O–H groups in total. The van der Waals surface area contributed by atoms with Crippen molar-refractivity contribution in [2.24, 2.45) is 0 Å². The number of ether oxygens (including phenoxy) is 1. The summed E-state index contributed by atoms with van der Waals surface area (Å²) < 4.78 is 11.1. The number of rotatable bonds is 2. The molecule has 0 aromatic carbocycles. The summed E-state index contributed by atoms with van der Waals surface area (Å²) in [6.45, 7) is 9.36. The lowest BCUT2D eigenvalue weighted by Crippen LogP contribution is -2.36. The molecule has 0 amide bonds. The second kappa shape index (κ2) is 5.44. The Kier molecular flexibility index (Phi) is 3.63. The summed E-state index contributed by atoms with van der Waals surface area (Å²) >= 11 is 0. The van der Waals surface area contributed by atoms with Gasteiger partial charge in [0.05, 0.1) is 18.8 Å². The van der Waals surface area contributed by atoms with Crippen LogP contribution in [-0.2, 0) is 10.2 Å². The standard InChI is InChI=1S/C15H20N4O2/c1-15(2,3)12-5-4-11(10-16-12)13-17-18-14(21-13)19-6-8-20-9-7-19/h4-5,10H,6-9H2,1-3H3. The molecule has 3 heterocycles. The van der Waals surface area contributed by atoms with E-state index in [4.69, 9.17) is 9.15 Å². The monoisotopic (exact) mass is 288 g/mol. The predicted molar refractivity (Wildman–Crippen MR) is 79.3 cm³/mol. The number of nitrogens with zero attached hydrogens (tertiary/aromatic N) is 4. The molecule has 0 atom stereocenters. The summed E-state index contributed by atoms with van der Waals surface area (Å²) in [5, 5.41) is 8.23. The van der Waals surface area contributed by atoms with Crippen molar-refractivity contribution in [3.8, 4) is 11.5 Å². The summed E-state index contributed by atoms with van der Waals surface area (Å²) in [6, 6.07) is 4.53. The van der Waals surface area contributed by atoms with Crippen LogP contribution in [0.4, 0.5) is 6.01 Å². The van der Waals surface area contributed by atoms with Crippen LogP contribution in [0.1, 0.15) is 26.5 Å². The summed E-state index contributed by atoms with van der Waals surface area (Å²) in [4.78, 5) is 6.53. The molecule has 6 heteroatoms. The number of anilines is 1. The number of aromatic nitrogens is 3. The van der Waals surface area contributed by atoms with Crippen LogP contribution >= 0.6 is 0 Å². The predicted octanol–water partition coefficient (Wildman–Crippen LogP) is 2.27. The largest absolute Gasteiger partial charge is 0.403 e. The third kappa shape index (κ3) is 3.05. The first-order chi connectivity index (χ1) is 10.0. The lowest BCUT2D eigenvalue weighted by Gasteiger charge is -2.24. The van der Waals surface area contributed by atoms with Gasteiger partial charge in [-0.3, -0.25) is 4.98 Å². The molecular weight excluding hydrogens is 268 g/mol. The van der Waals surface area contributed by atoms with Gasteiger partial charge in [-0.2, -0.15) is 0 Å². The zero-order valence-corrected chi connectivity index (χ0v) is 12.7. The van der Waals surface area contributed by atoms with E-state index in [9.17, 15) is 0 Å². The van der Waals surface area contributed by atoms with Gasteiger partial charge in [0, 0.05) is 30.4 Å². The number of pyridine rings is 1. The third-order valence-electron chi connectivity index (χ3n) is 3.47.